The van der Waals surface area contributed by atoms with Crippen molar-refractivity contribution in [2.75, 3.05) is 5.73 Å². The van der Waals surface area contributed by atoms with Crippen LogP contribution >= 0.6 is 11.6 Å². The third kappa shape index (κ3) is 1.44. The van der Waals surface area contributed by atoms with Crippen LogP contribution in [-0.2, 0) is 7.05 Å². The lowest BCUT2D eigenvalue weighted by Crippen LogP contribution is -1.93. The lowest BCUT2D eigenvalue weighted by atomic mass is 10.2. The van der Waals surface area contributed by atoms with Gasteiger partial charge in [-0.15, -0.1) is 10.2 Å². The summed E-state index contributed by atoms with van der Waals surface area (Å²) in [5.74, 6) is 0.710. The average Bonchev–Trinajstić information content (AvgIpc) is 2.56. The van der Waals surface area contributed by atoms with Gasteiger partial charge in [0, 0.05) is 18.3 Å². The molecule has 0 aliphatic rings. The Balaban J connectivity index is 2.62. The molecule has 2 aromatic rings. The number of anilines is 1. The van der Waals surface area contributed by atoms with Gasteiger partial charge in [0.15, 0.2) is 5.82 Å². The van der Waals surface area contributed by atoms with Crippen LogP contribution in [0.25, 0.3) is 11.4 Å². The van der Waals surface area contributed by atoms with Crippen LogP contribution in [0.15, 0.2) is 24.5 Å². The topological polar surface area (TPSA) is 56.7 Å². The molecule has 14 heavy (non-hydrogen) atoms. The van der Waals surface area contributed by atoms with Gasteiger partial charge in [-0.05, 0) is 18.2 Å². The fraction of sp³-hybridized carbons (Fsp3) is 0.111. The van der Waals surface area contributed by atoms with Crippen LogP contribution in [0.2, 0.25) is 5.02 Å². The predicted octanol–water partition coefficient (Wildman–Crippen LogP) is 1.72. The summed E-state index contributed by atoms with van der Waals surface area (Å²) in [5, 5.41) is 8.36. The van der Waals surface area contributed by atoms with Gasteiger partial charge in [0.25, 0.3) is 0 Å². The lowest BCUT2D eigenvalue weighted by Gasteiger charge is -2.03. The largest absolute Gasteiger partial charge is 0.399 e. The molecule has 5 heteroatoms. The first-order chi connectivity index (χ1) is 6.68. The van der Waals surface area contributed by atoms with Crippen molar-refractivity contribution >= 4 is 17.3 Å². The van der Waals surface area contributed by atoms with Crippen LogP contribution in [0.4, 0.5) is 5.69 Å². The number of nitrogen functional groups attached to an aromatic ring is 1. The highest BCUT2D eigenvalue weighted by Gasteiger charge is 2.08. The van der Waals surface area contributed by atoms with Crippen molar-refractivity contribution < 1.29 is 0 Å². The summed E-state index contributed by atoms with van der Waals surface area (Å²) in [6, 6.07) is 5.29. The molecule has 0 fully saturated rings. The summed E-state index contributed by atoms with van der Waals surface area (Å²) in [7, 11) is 1.86. The average molecular weight is 209 g/mol. The Morgan fingerprint density at radius 1 is 1.43 bits per heavy atom. The molecule has 0 spiro atoms. The minimum atomic E-state index is 0.621. The zero-order chi connectivity index (χ0) is 10.1. The zero-order valence-electron chi connectivity index (χ0n) is 7.61. The fourth-order valence-electron chi connectivity index (χ4n) is 1.24. The molecule has 0 saturated heterocycles. The van der Waals surface area contributed by atoms with Crippen LogP contribution in [0.3, 0.4) is 0 Å². The number of hydrogen-bond acceptors (Lipinski definition) is 3. The van der Waals surface area contributed by atoms with Crippen molar-refractivity contribution in [3.8, 4) is 11.4 Å². The Morgan fingerprint density at radius 3 is 2.86 bits per heavy atom. The number of nitrogens with two attached hydrogens (primary N) is 1. The predicted molar refractivity (Wildman–Crippen MR) is 55.9 cm³/mol. The van der Waals surface area contributed by atoms with Gasteiger partial charge in [-0.2, -0.15) is 0 Å². The third-order valence-electron chi connectivity index (χ3n) is 1.94. The zero-order valence-corrected chi connectivity index (χ0v) is 8.36. The van der Waals surface area contributed by atoms with Gasteiger partial charge in [-0.3, -0.25) is 0 Å². The van der Waals surface area contributed by atoms with E-state index in [4.69, 9.17) is 17.3 Å². The molecule has 4 nitrogen and oxygen atoms in total. The number of nitrogens with zero attached hydrogens (tertiary/aromatic N) is 3. The van der Waals surface area contributed by atoms with E-state index in [1.54, 1.807) is 29.1 Å². The van der Waals surface area contributed by atoms with Crippen molar-refractivity contribution in [3.63, 3.8) is 0 Å². The second kappa shape index (κ2) is 3.31. The number of aromatic nitrogens is 3. The maximum absolute atomic E-state index is 6.02. The molecule has 2 N–H and O–H groups in total. The van der Waals surface area contributed by atoms with Gasteiger partial charge in [-0.25, -0.2) is 0 Å². The Labute approximate surface area is 86.3 Å². The van der Waals surface area contributed by atoms with E-state index >= 15 is 0 Å². The van der Waals surface area contributed by atoms with Crippen molar-refractivity contribution in [3.05, 3.63) is 29.5 Å². The van der Waals surface area contributed by atoms with Crippen LogP contribution in [0.1, 0.15) is 0 Å². The summed E-state index contributed by atoms with van der Waals surface area (Å²) in [6.07, 6.45) is 1.62. The van der Waals surface area contributed by atoms with Crippen LogP contribution in [-0.4, -0.2) is 14.8 Å². The molecule has 0 bridgehead atoms. The van der Waals surface area contributed by atoms with Gasteiger partial charge in [0.05, 0.1) is 5.02 Å². The molecule has 0 amide bonds. The number of aryl methyl sites for hydroxylation is 1. The summed E-state index contributed by atoms with van der Waals surface area (Å²) < 4.78 is 1.79. The van der Waals surface area contributed by atoms with Crippen molar-refractivity contribution in [2.24, 2.45) is 7.05 Å². The quantitative estimate of drug-likeness (QED) is 0.726. The van der Waals surface area contributed by atoms with Crippen LogP contribution in [0.5, 0.6) is 0 Å². The summed E-state index contributed by atoms with van der Waals surface area (Å²) >= 11 is 6.02. The van der Waals surface area contributed by atoms with E-state index in [9.17, 15) is 0 Å². The summed E-state index contributed by atoms with van der Waals surface area (Å²) in [6.45, 7) is 0. The highest BCUT2D eigenvalue weighted by Crippen LogP contribution is 2.27. The molecule has 0 aliphatic heterocycles. The lowest BCUT2D eigenvalue weighted by molar-refractivity contribution is 0.920. The van der Waals surface area contributed by atoms with Gasteiger partial charge < -0.3 is 10.3 Å². The van der Waals surface area contributed by atoms with Crippen molar-refractivity contribution in [1.82, 2.24) is 14.8 Å². The molecule has 0 aliphatic carbocycles. The minimum absolute atomic E-state index is 0.621. The smallest absolute Gasteiger partial charge is 0.165 e. The molecule has 72 valence electrons. The number of rotatable bonds is 1. The molecule has 2 rings (SSSR count). The molecule has 1 heterocycles. The molecule has 0 saturated carbocycles. The van der Waals surface area contributed by atoms with E-state index in [2.05, 4.69) is 10.2 Å². The number of benzene rings is 1. The second-order valence-electron chi connectivity index (χ2n) is 3.00. The number of hydrogen-bond donors (Lipinski definition) is 1. The van der Waals surface area contributed by atoms with E-state index in [-0.39, 0.29) is 0 Å². The summed E-state index contributed by atoms with van der Waals surface area (Å²) in [5.41, 5.74) is 7.13. The van der Waals surface area contributed by atoms with E-state index in [0.29, 0.717) is 16.5 Å². The molecular weight excluding hydrogens is 200 g/mol. The molecule has 0 atom stereocenters. The van der Waals surface area contributed by atoms with E-state index in [1.165, 1.54) is 0 Å². The first-order valence-corrected chi connectivity index (χ1v) is 4.45. The first-order valence-electron chi connectivity index (χ1n) is 4.08. The molecule has 0 unspecified atom stereocenters. The summed E-state index contributed by atoms with van der Waals surface area (Å²) in [4.78, 5) is 0. The van der Waals surface area contributed by atoms with Crippen LogP contribution < -0.4 is 5.73 Å². The van der Waals surface area contributed by atoms with Crippen molar-refractivity contribution in [2.45, 2.75) is 0 Å². The second-order valence-corrected chi connectivity index (χ2v) is 3.41. The Kier molecular flexibility index (Phi) is 2.13. The van der Waals surface area contributed by atoms with Gasteiger partial charge in [0.2, 0.25) is 0 Å². The third-order valence-corrected chi connectivity index (χ3v) is 2.27. The monoisotopic (exact) mass is 208 g/mol. The van der Waals surface area contributed by atoms with Crippen LogP contribution in [0, 0.1) is 0 Å². The van der Waals surface area contributed by atoms with E-state index < -0.39 is 0 Å². The first kappa shape index (κ1) is 9.02. The maximum atomic E-state index is 6.02. The standard InChI is InChI=1S/C9H9ClN4/c1-14-5-12-13-9(14)7-4-6(11)2-3-8(7)10/h2-5H,11H2,1H3. The SMILES string of the molecule is Cn1cnnc1-c1cc(N)ccc1Cl. The van der Waals surface area contributed by atoms with Gasteiger partial charge >= 0.3 is 0 Å². The Bertz CT molecular complexity index is 464. The molecule has 1 aromatic heterocycles. The van der Waals surface area contributed by atoms with E-state index in [1.807, 2.05) is 7.05 Å². The van der Waals surface area contributed by atoms with Gasteiger partial charge in [-0.1, -0.05) is 11.6 Å². The highest BCUT2D eigenvalue weighted by atomic mass is 35.5. The Morgan fingerprint density at radius 2 is 2.21 bits per heavy atom. The van der Waals surface area contributed by atoms with Crippen molar-refractivity contribution in [1.29, 1.82) is 0 Å². The molecule has 0 radical (unpaired) electrons. The molecular formula is C9H9ClN4. The maximum Gasteiger partial charge on any atom is 0.165 e. The van der Waals surface area contributed by atoms with Gasteiger partial charge in [0.1, 0.15) is 6.33 Å². The number of halogens is 1. The fourth-order valence-corrected chi connectivity index (χ4v) is 1.44. The normalized spacial score (nSPS) is 10.4. The molecule has 1 aromatic carbocycles. The van der Waals surface area contributed by atoms with E-state index in [0.717, 1.165) is 5.56 Å². The minimum Gasteiger partial charge on any atom is -0.399 e. The Hall–Kier alpha value is -1.55. The highest BCUT2D eigenvalue weighted by molar-refractivity contribution is 6.33.